The Bertz CT molecular complexity index is 490. The molecule has 1 fully saturated rings. The van der Waals surface area contributed by atoms with Gasteiger partial charge in [0.1, 0.15) is 0 Å². The Hall–Kier alpha value is -0.700. The predicted octanol–water partition coefficient (Wildman–Crippen LogP) is 2.94. The van der Waals surface area contributed by atoms with E-state index in [0.717, 1.165) is 6.42 Å². The quantitative estimate of drug-likeness (QED) is 0.753. The van der Waals surface area contributed by atoms with E-state index < -0.39 is 21.9 Å². The first-order valence-corrected chi connectivity index (χ1v) is 8.80. The summed E-state index contributed by atoms with van der Waals surface area (Å²) in [4.78, 5) is 0. The highest BCUT2D eigenvalue weighted by Gasteiger charge is 2.64. The smallest absolute Gasteiger partial charge is 0.212 e. The van der Waals surface area contributed by atoms with Crippen LogP contribution in [-0.4, -0.2) is 43.4 Å². The first-order chi connectivity index (χ1) is 9.70. The number of nitrogens with zero attached hydrogens (tertiary/aromatic N) is 3. The third kappa shape index (κ3) is 3.74. The highest BCUT2D eigenvalue weighted by Crippen LogP contribution is 2.49. The second kappa shape index (κ2) is 5.83. The van der Waals surface area contributed by atoms with Crippen molar-refractivity contribution in [2.75, 3.05) is 18.8 Å². The normalized spacial score (nSPS) is 23.4. The van der Waals surface area contributed by atoms with Gasteiger partial charge in [0, 0.05) is 19.5 Å². The summed E-state index contributed by atoms with van der Waals surface area (Å²) < 4.78 is 63.7. The number of alkyl halides is 3. The molecule has 0 aromatic rings. The van der Waals surface area contributed by atoms with Gasteiger partial charge in [0.05, 0.1) is 5.75 Å². The van der Waals surface area contributed by atoms with Crippen LogP contribution in [0.1, 0.15) is 39.0 Å². The van der Waals surface area contributed by atoms with E-state index in [1.165, 1.54) is 4.31 Å². The maximum atomic E-state index is 12.8. The molecule has 5 nitrogen and oxygen atoms in total. The van der Waals surface area contributed by atoms with E-state index in [1.807, 2.05) is 6.92 Å². The molecule has 0 aromatic carbocycles. The monoisotopic (exact) mass is 327 g/mol. The second-order valence-corrected chi connectivity index (χ2v) is 7.82. The molecule has 0 atom stereocenters. The van der Waals surface area contributed by atoms with Gasteiger partial charge in [-0.3, -0.25) is 0 Å². The van der Waals surface area contributed by atoms with Gasteiger partial charge in [-0.2, -0.15) is 13.2 Å². The van der Waals surface area contributed by atoms with Crippen molar-refractivity contribution < 1.29 is 21.6 Å². The average molecular weight is 327 g/mol. The number of unbranched alkanes of at least 4 members (excludes halogenated alkanes) is 1. The van der Waals surface area contributed by atoms with Crippen LogP contribution in [0.5, 0.6) is 0 Å². The van der Waals surface area contributed by atoms with Gasteiger partial charge >= 0.3 is 6.18 Å². The van der Waals surface area contributed by atoms with Crippen LogP contribution in [0, 0.1) is 5.92 Å². The zero-order chi connectivity index (χ0) is 15.7. The molecule has 122 valence electrons. The van der Waals surface area contributed by atoms with Crippen LogP contribution in [0.15, 0.2) is 10.2 Å². The summed E-state index contributed by atoms with van der Waals surface area (Å²) in [7, 11) is -3.26. The zero-order valence-electron chi connectivity index (χ0n) is 11.9. The molecule has 2 heterocycles. The van der Waals surface area contributed by atoms with Crippen LogP contribution in [-0.2, 0) is 10.0 Å². The Labute approximate surface area is 122 Å². The van der Waals surface area contributed by atoms with E-state index in [-0.39, 0.29) is 18.1 Å². The minimum absolute atomic E-state index is 0.116. The van der Waals surface area contributed by atoms with Crippen molar-refractivity contribution in [3.63, 3.8) is 0 Å². The molecule has 2 aliphatic rings. The highest BCUT2D eigenvalue weighted by atomic mass is 32.2. The maximum absolute atomic E-state index is 12.8. The van der Waals surface area contributed by atoms with Gasteiger partial charge in [-0.1, -0.05) is 13.3 Å². The molecule has 0 amide bonds. The Kier molecular flexibility index (Phi) is 4.63. The molecule has 0 aliphatic carbocycles. The van der Waals surface area contributed by atoms with E-state index in [4.69, 9.17) is 0 Å². The lowest BCUT2D eigenvalue weighted by atomic mass is 9.89. The predicted molar refractivity (Wildman–Crippen MR) is 71.3 cm³/mol. The molecule has 0 bridgehead atoms. The lowest BCUT2D eigenvalue weighted by Crippen LogP contribution is -2.42. The summed E-state index contributed by atoms with van der Waals surface area (Å²) in [6, 6.07) is 0. The van der Waals surface area contributed by atoms with Crippen LogP contribution < -0.4 is 0 Å². The first-order valence-electron chi connectivity index (χ1n) is 7.19. The largest absolute Gasteiger partial charge is 0.437 e. The van der Waals surface area contributed by atoms with Crippen molar-refractivity contribution in [1.29, 1.82) is 0 Å². The van der Waals surface area contributed by atoms with Crippen LogP contribution >= 0.6 is 0 Å². The molecule has 0 N–H and O–H groups in total. The summed E-state index contributed by atoms with van der Waals surface area (Å²) in [6.45, 7) is 2.51. The summed E-state index contributed by atoms with van der Waals surface area (Å²) in [5, 5.41) is 6.35. The fraction of sp³-hybridized carbons (Fsp3) is 1.00. The maximum Gasteiger partial charge on any atom is 0.437 e. The van der Waals surface area contributed by atoms with Crippen LogP contribution in [0.2, 0.25) is 0 Å². The van der Waals surface area contributed by atoms with Gasteiger partial charge in [-0.05, 0) is 25.2 Å². The first kappa shape index (κ1) is 16.7. The van der Waals surface area contributed by atoms with Gasteiger partial charge in [-0.15, -0.1) is 10.2 Å². The van der Waals surface area contributed by atoms with Crippen molar-refractivity contribution in [1.82, 2.24) is 4.31 Å². The van der Waals surface area contributed by atoms with Crippen molar-refractivity contribution in [3.05, 3.63) is 0 Å². The molecule has 0 saturated carbocycles. The fourth-order valence-electron chi connectivity index (χ4n) is 2.62. The van der Waals surface area contributed by atoms with Gasteiger partial charge < -0.3 is 0 Å². The number of piperidine rings is 1. The van der Waals surface area contributed by atoms with Gasteiger partial charge in [-0.25, -0.2) is 12.7 Å². The molecular formula is C12H20F3N3O2S. The van der Waals surface area contributed by atoms with Gasteiger partial charge in [0.2, 0.25) is 10.0 Å². The summed E-state index contributed by atoms with van der Waals surface area (Å²) >= 11 is 0. The second-order valence-electron chi connectivity index (χ2n) is 5.73. The molecular weight excluding hydrogens is 307 g/mol. The number of hydrogen-bond donors (Lipinski definition) is 0. The Balaban J connectivity index is 1.84. The zero-order valence-corrected chi connectivity index (χ0v) is 12.8. The highest BCUT2D eigenvalue weighted by molar-refractivity contribution is 7.89. The van der Waals surface area contributed by atoms with Crippen molar-refractivity contribution in [3.8, 4) is 0 Å². The average Bonchev–Trinajstić information content (AvgIpc) is 3.17. The number of halogens is 3. The lowest BCUT2D eigenvalue weighted by Gasteiger charge is -2.32. The molecule has 0 radical (unpaired) electrons. The lowest BCUT2D eigenvalue weighted by molar-refractivity contribution is -0.168. The Morgan fingerprint density at radius 3 is 2.24 bits per heavy atom. The fourth-order valence-corrected chi connectivity index (χ4v) is 4.30. The summed E-state index contributed by atoms with van der Waals surface area (Å²) in [5.41, 5.74) is -2.21. The van der Waals surface area contributed by atoms with Gasteiger partial charge in [0.25, 0.3) is 5.66 Å². The van der Waals surface area contributed by atoms with E-state index in [1.54, 1.807) is 0 Å². The summed E-state index contributed by atoms with van der Waals surface area (Å²) in [5.74, 6) is -0.0649. The SMILES string of the molecule is CCCCS(=O)(=O)N1CCC(CC2(C(F)(F)F)N=N2)CC1. The standard InChI is InChI=1S/C12H20F3N3O2S/c1-2-3-8-21(19,20)18-6-4-10(5-7-18)9-11(16-17-11)12(13,14)15/h10H,2-9H2,1H3. The third-order valence-corrected chi connectivity index (χ3v) is 6.05. The topological polar surface area (TPSA) is 62.1 Å². The minimum Gasteiger partial charge on any atom is -0.212 e. The number of hydrogen-bond acceptors (Lipinski definition) is 4. The van der Waals surface area contributed by atoms with Gasteiger partial charge in [0.15, 0.2) is 0 Å². The number of sulfonamides is 1. The minimum atomic E-state index is -4.43. The van der Waals surface area contributed by atoms with E-state index in [9.17, 15) is 21.6 Å². The van der Waals surface area contributed by atoms with E-state index >= 15 is 0 Å². The van der Waals surface area contributed by atoms with Crippen LogP contribution in [0.4, 0.5) is 13.2 Å². The number of rotatable bonds is 6. The molecule has 21 heavy (non-hydrogen) atoms. The van der Waals surface area contributed by atoms with Crippen LogP contribution in [0.3, 0.4) is 0 Å². The van der Waals surface area contributed by atoms with E-state index in [2.05, 4.69) is 10.2 Å². The van der Waals surface area contributed by atoms with E-state index in [0.29, 0.717) is 32.4 Å². The Morgan fingerprint density at radius 2 is 1.81 bits per heavy atom. The molecule has 1 saturated heterocycles. The molecule has 2 aliphatic heterocycles. The molecule has 2 rings (SSSR count). The third-order valence-electron chi connectivity index (χ3n) is 4.09. The molecule has 9 heteroatoms. The Morgan fingerprint density at radius 1 is 1.24 bits per heavy atom. The van der Waals surface area contributed by atoms with Crippen LogP contribution in [0.25, 0.3) is 0 Å². The van der Waals surface area contributed by atoms with Crippen molar-refractivity contribution in [2.45, 2.75) is 50.9 Å². The molecule has 0 aromatic heterocycles. The molecule has 0 unspecified atom stereocenters. The molecule has 0 spiro atoms. The summed E-state index contributed by atoms with van der Waals surface area (Å²) in [6.07, 6.45) is -2.30. The van der Waals surface area contributed by atoms with Crippen molar-refractivity contribution >= 4 is 10.0 Å². The van der Waals surface area contributed by atoms with Crippen molar-refractivity contribution in [2.24, 2.45) is 16.1 Å².